The molecule has 0 aliphatic carbocycles. The molecule has 6 heteroatoms. The standard InChI is InChI=1S/C15H15BrN2O3/c1-2-13(11-5-3-4-6-15(11)19)17-10-7-8-12(16)14(9-10)18(20)21/h3-9,13,17,19H,2H2,1H3. The number of aromatic hydroxyl groups is 1. The van der Waals surface area contributed by atoms with Crippen LogP contribution in [0.25, 0.3) is 0 Å². The monoisotopic (exact) mass is 350 g/mol. The molecule has 0 heterocycles. The molecule has 0 aromatic heterocycles. The molecular weight excluding hydrogens is 336 g/mol. The topological polar surface area (TPSA) is 75.4 Å². The minimum atomic E-state index is -0.434. The summed E-state index contributed by atoms with van der Waals surface area (Å²) in [6.07, 6.45) is 0.738. The van der Waals surface area contributed by atoms with E-state index in [1.807, 2.05) is 19.1 Å². The highest BCUT2D eigenvalue weighted by atomic mass is 79.9. The first-order valence-electron chi connectivity index (χ1n) is 6.51. The largest absolute Gasteiger partial charge is 0.508 e. The molecule has 21 heavy (non-hydrogen) atoms. The number of nitrogens with zero attached hydrogens (tertiary/aromatic N) is 1. The summed E-state index contributed by atoms with van der Waals surface area (Å²) in [7, 11) is 0. The summed E-state index contributed by atoms with van der Waals surface area (Å²) in [6, 6.07) is 11.8. The maximum atomic E-state index is 11.0. The Bertz CT molecular complexity index is 661. The van der Waals surface area contributed by atoms with Gasteiger partial charge in [-0.05, 0) is 40.5 Å². The van der Waals surface area contributed by atoms with Crippen molar-refractivity contribution in [3.05, 3.63) is 62.6 Å². The van der Waals surface area contributed by atoms with Crippen molar-refractivity contribution in [3.63, 3.8) is 0 Å². The Labute approximate surface area is 130 Å². The van der Waals surface area contributed by atoms with Crippen molar-refractivity contribution in [2.75, 3.05) is 5.32 Å². The summed E-state index contributed by atoms with van der Waals surface area (Å²) in [6.45, 7) is 1.98. The number of hydrogen-bond donors (Lipinski definition) is 2. The van der Waals surface area contributed by atoms with Gasteiger partial charge in [0.1, 0.15) is 5.75 Å². The highest BCUT2D eigenvalue weighted by Crippen LogP contribution is 2.32. The van der Waals surface area contributed by atoms with Crippen LogP contribution in [0.2, 0.25) is 0 Å². The van der Waals surface area contributed by atoms with E-state index in [4.69, 9.17) is 0 Å². The van der Waals surface area contributed by atoms with Gasteiger partial charge >= 0.3 is 0 Å². The zero-order valence-corrected chi connectivity index (χ0v) is 13.0. The maximum Gasteiger partial charge on any atom is 0.285 e. The number of nitro benzene ring substituents is 1. The fourth-order valence-electron chi connectivity index (χ4n) is 2.13. The first kappa shape index (κ1) is 15.3. The van der Waals surface area contributed by atoms with Crippen molar-refractivity contribution in [3.8, 4) is 5.75 Å². The average Bonchev–Trinajstić information content (AvgIpc) is 2.47. The lowest BCUT2D eigenvalue weighted by molar-refractivity contribution is -0.385. The van der Waals surface area contributed by atoms with Crippen LogP contribution in [0.3, 0.4) is 0 Å². The van der Waals surface area contributed by atoms with Gasteiger partial charge in [0.25, 0.3) is 5.69 Å². The number of rotatable bonds is 5. The zero-order valence-electron chi connectivity index (χ0n) is 11.4. The smallest absolute Gasteiger partial charge is 0.285 e. The van der Waals surface area contributed by atoms with Gasteiger partial charge in [0, 0.05) is 17.3 Å². The molecule has 0 amide bonds. The molecule has 0 saturated heterocycles. The molecule has 110 valence electrons. The molecule has 1 unspecified atom stereocenters. The molecule has 2 rings (SSSR count). The molecule has 2 aromatic carbocycles. The maximum absolute atomic E-state index is 11.0. The van der Waals surface area contributed by atoms with Crippen molar-refractivity contribution in [2.45, 2.75) is 19.4 Å². The Morgan fingerprint density at radius 1 is 1.33 bits per heavy atom. The van der Waals surface area contributed by atoms with Gasteiger partial charge in [-0.15, -0.1) is 0 Å². The van der Waals surface area contributed by atoms with Crippen molar-refractivity contribution in [1.82, 2.24) is 0 Å². The molecular formula is C15H15BrN2O3. The summed E-state index contributed by atoms with van der Waals surface area (Å²) < 4.78 is 0.439. The molecule has 1 atom stereocenters. The number of anilines is 1. The van der Waals surface area contributed by atoms with Crippen molar-refractivity contribution in [2.24, 2.45) is 0 Å². The second-order valence-corrected chi connectivity index (χ2v) is 5.44. The third-order valence-electron chi connectivity index (χ3n) is 3.20. The van der Waals surface area contributed by atoms with Crippen LogP contribution in [-0.2, 0) is 0 Å². The molecule has 0 aliphatic heterocycles. The normalized spacial score (nSPS) is 11.9. The molecule has 0 aliphatic rings. The minimum Gasteiger partial charge on any atom is -0.508 e. The van der Waals surface area contributed by atoms with Gasteiger partial charge in [-0.25, -0.2) is 0 Å². The highest BCUT2D eigenvalue weighted by Gasteiger charge is 2.16. The summed E-state index contributed by atoms with van der Waals surface area (Å²) >= 11 is 3.16. The van der Waals surface area contributed by atoms with Crippen molar-refractivity contribution >= 4 is 27.3 Å². The number of phenols is 1. The van der Waals surface area contributed by atoms with Gasteiger partial charge in [-0.2, -0.15) is 0 Å². The lowest BCUT2D eigenvalue weighted by Gasteiger charge is -2.19. The lowest BCUT2D eigenvalue weighted by atomic mass is 10.0. The third-order valence-corrected chi connectivity index (χ3v) is 3.87. The second-order valence-electron chi connectivity index (χ2n) is 4.59. The van der Waals surface area contributed by atoms with Gasteiger partial charge < -0.3 is 10.4 Å². The Kier molecular flexibility index (Phi) is 4.80. The average molecular weight is 351 g/mol. The number of hydrogen-bond acceptors (Lipinski definition) is 4. The molecule has 0 saturated carbocycles. The number of para-hydroxylation sites is 1. The number of benzene rings is 2. The Morgan fingerprint density at radius 3 is 2.67 bits per heavy atom. The minimum absolute atomic E-state index is 0.00661. The molecule has 5 nitrogen and oxygen atoms in total. The van der Waals surface area contributed by atoms with E-state index in [9.17, 15) is 15.2 Å². The lowest BCUT2D eigenvalue weighted by Crippen LogP contribution is -2.10. The van der Waals surface area contributed by atoms with E-state index in [-0.39, 0.29) is 17.5 Å². The molecule has 0 spiro atoms. The predicted molar refractivity (Wildman–Crippen MR) is 85.6 cm³/mol. The quantitative estimate of drug-likeness (QED) is 0.609. The Hall–Kier alpha value is -2.08. The SMILES string of the molecule is CCC(Nc1ccc(Br)c([N+](=O)[O-])c1)c1ccccc1O. The van der Waals surface area contributed by atoms with E-state index < -0.39 is 4.92 Å². The zero-order chi connectivity index (χ0) is 15.4. The van der Waals surface area contributed by atoms with Crippen LogP contribution < -0.4 is 5.32 Å². The molecule has 2 N–H and O–H groups in total. The summed E-state index contributed by atoms with van der Waals surface area (Å²) in [5, 5.41) is 24.1. The summed E-state index contributed by atoms with van der Waals surface area (Å²) in [5.74, 6) is 0.212. The number of phenolic OH excluding ortho intramolecular Hbond substituents is 1. The van der Waals surface area contributed by atoms with Crippen molar-refractivity contribution < 1.29 is 10.0 Å². The van der Waals surface area contributed by atoms with Crippen molar-refractivity contribution in [1.29, 1.82) is 0 Å². The third kappa shape index (κ3) is 3.52. The molecule has 0 radical (unpaired) electrons. The van der Waals surface area contributed by atoms with Gasteiger partial charge in [-0.3, -0.25) is 10.1 Å². The Morgan fingerprint density at radius 2 is 2.05 bits per heavy atom. The van der Waals surface area contributed by atoms with Crippen LogP contribution in [0.1, 0.15) is 24.9 Å². The second kappa shape index (κ2) is 6.58. The van der Waals surface area contributed by atoms with E-state index in [0.717, 1.165) is 12.0 Å². The van der Waals surface area contributed by atoms with E-state index in [1.54, 1.807) is 24.3 Å². The summed E-state index contributed by atoms with van der Waals surface area (Å²) in [5.41, 5.74) is 1.41. The number of halogens is 1. The van der Waals surface area contributed by atoms with Crippen LogP contribution in [0, 0.1) is 10.1 Å². The van der Waals surface area contributed by atoms with Gasteiger partial charge in [0.15, 0.2) is 0 Å². The van der Waals surface area contributed by atoms with E-state index >= 15 is 0 Å². The number of nitro groups is 1. The Balaban J connectivity index is 2.29. The molecule has 0 fully saturated rings. The molecule has 2 aromatic rings. The first-order chi connectivity index (χ1) is 10.0. The first-order valence-corrected chi connectivity index (χ1v) is 7.30. The van der Waals surface area contributed by atoms with E-state index in [0.29, 0.717) is 10.2 Å². The van der Waals surface area contributed by atoms with Gasteiger partial charge in [0.2, 0.25) is 0 Å². The van der Waals surface area contributed by atoms with Crippen LogP contribution in [0.4, 0.5) is 11.4 Å². The van der Waals surface area contributed by atoms with Crippen LogP contribution >= 0.6 is 15.9 Å². The van der Waals surface area contributed by atoms with Gasteiger partial charge in [-0.1, -0.05) is 25.1 Å². The van der Waals surface area contributed by atoms with Gasteiger partial charge in [0.05, 0.1) is 15.4 Å². The summed E-state index contributed by atoms with van der Waals surface area (Å²) in [4.78, 5) is 10.5. The fourth-order valence-corrected chi connectivity index (χ4v) is 2.52. The van der Waals surface area contributed by atoms with Crippen LogP contribution in [0.15, 0.2) is 46.9 Å². The van der Waals surface area contributed by atoms with Crippen LogP contribution in [0.5, 0.6) is 5.75 Å². The van der Waals surface area contributed by atoms with E-state index in [2.05, 4.69) is 21.2 Å². The van der Waals surface area contributed by atoms with E-state index in [1.165, 1.54) is 6.07 Å². The predicted octanol–water partition coefficient (Wildman–Crippen LogP) is 4.63. The fraction of sp³-hybridized carbons (Fsp3) is 0.200. The molecule has 0 bridgehead atoms. The number of nitrogens with one attached hydrogen (secondary N) is 1. The van der Waals surface area contributed by atoms with Crippen LogP contribution in [-0.4, -0.2) is 10.0 Å². The highest BCUT2D eigenvalue weighted by molar-refractivity contribution is 9.10.